The largest absolute Gasteiger partial charge is 0.349 e. The van der Waals surface area contributed by atoms with Crippen LogP contribution in [0.3, 0.4) is 0 Å². The molecule has 2 fully saturated rings. The zero-order valence-electron chi connectivity index (χ0n) is 13.3. The molecule has 112 valence electrons. The van der Waals surface area contributed by atoms with Crippen LogP contribution in [0.4, 0.5) is 5.95 Å². The molecule has 0 amide bonds. The van der Waals surface area contributed by atoms with Gasteiger partial charge in [0.2, 0.25) is 5.95 Å². The minimum Gasteiger partial charge on any atom is -0.349 e. The van der Waals surface area contributed by atoms with Gasteiger partial charge in [-0.3, -0.25) is 0 Å². The number of fused-ring (bicyclic) bond motifs is 3. The summed E-state index contributed by atoms with van der Waals surface area (Å²) in [4.78, 5) is 4.66. The van der Waals surface area contributed by atoms with Gasteiger partial charge in [-0.15, -0.1) is 5.10 Å². The maximum absolute atomic E-state index is 4.66. The summed E-state index contributed by atoms with van der Waals surface area (Å²) in [5, 5.41) is 8.26. The zero-order chi connectivity index (χ0) is 14.8. The third-order valence-corrected chi connectivity index (χ3v) is 6.04. The number of pyridine rings is 1. The molecular weight excluding hydrogens is 260 g/mol. The first-order valence-corrected chi connectivity index (χ1v) is 7.98. The second kappa shape index (κ2) is 3.99. The number of nitrogens with one attached hydrogen (secondary N) is 1. The summed E-state index contributed by atoms with van der Waals surface area (Å²) in [7, 11) is 0. The van der Waals surface area contributed by atoms with Crippen molar-refractivity contribution in [2.75, 3.05) is 5.32 Å². The number of rotatable bonds is 2. The molecule has 3 atom stereocenters. The van der Waals surface area contributed by atoms with E-state index >= 15 is 0 Å². The van der Waals surface area contributed by atoms with Crippen LogP contribution in [0.2, 0.25) is 0 Å². The molecule has 21 heavy (non-hydrogen) atoms. The highest BCUT2D eigenvalue weighted by Crippen LogP contribution is 2.62. The van der Waals surface area contributed by atoms with E-state index in [9.17, 15) is 0 Å². The lowest BCUT2D eigenvalue weighted by Crippen LogP contribution is -2.46. The number of hydrogen-bond acceptors (Lipinski definition) is 3. The fourth-order valence-corrected chi connectivity index (χ4v) is 4.84. The Morgan fingerprint density at radius 1 is 1.33 bits per heavy atom. The van der Waals surface area contributed by atoms with Crippen molar-refractivity contribution in [2.24, 2.45) is 16.7 Å². The monoisotopic (exact) mass is 284 g/mol. The van der Waals surface area contributed by atoms with Gasteiger partial charge >= 0.3 is 0 Å². The van der Waals surface area contributed by atoms with Crippen LogP contribution in [-0.2, 0) is 0 Å². The van der Waals surface area contributed by atoms with E-state index in [-0.39, 0.29) is 0 Å². The highest BCUT2D eigenvalue weighted by molar-refractivity contribution is 5.46. The quantitative estimate of drug-likeness (QED) is 0.915. The van der Waals surface area contributed by atoms with Crippen molar-refractivity contribution in [1.82, 2.24) is 14.6 Å². The van der Waals surface area contributed by atoms with Crippen molar-refractivity contribution < 1.29 is 0 Å². The summed E-state index contributed by atoms with van der Waals surface area (Å²) in [6.45, 7) is 9.32. The average molecular weight is 284 g/mol. The van der Waals surface area contributed by atoms with Crippen LogP contribution in [0.25, 0.3) is 5.65 Å². The molecule has 0 aromatic carbocycles. The Balaban J connectivity index is 1.68. The Morgan fingerprint density at radius 3 is 2.86 bits per heavy atom. The second-order valence-corrected chi connectivity index (χ2v) is 7.93. The molecule has 0 spiro atoms. The summed E-state index contributed by atoms with van der Waals surface area (Å²) >= 11 is 0. The Kier molecular flexibility index (Phi) is 2.49. The predicted molar refractivity (Wildman–Crippen MR) is 84.4 cm³/mol. The highest BCUT2D eigenvalue weighted by Gasteiger charge is 2.59. The Hall–Kier alpha value is -1.58. The van der Waals surface area contributed by atoms with Gasteiger partial charge in [0.05, 0.1) is 0 Å². The molecule has 4 rings (SSSR count). The van der Waals surface area contributed by atoms with Crippen LogP contribution in [0.5, 0.6) is 0 Å². The Morgan fingerprint density at radius 2 is 2.14 bits per heavy atom. The van der Waals surface area contributed by atoms with Gasteiger partial charge in [0.15, 0.2) is 5.65 Å². The lowest BCUT2D eigenvalue weighted by molar-refractivity contribution is 0.155. The molecule has 4 heteroatoms. The standard InChI is InChI=1S/C17H24N4/c1-11-6-8-21-13(9-11)18-15(20-21)19-14-16(2,3)12-5-7-17(14,4)10-12/h6,8-9,12,14H,5,7,10H2,1-4H3,(H,19,20). The van der Waals surface area contributed by atoms with Gasteiger partial charge in [-0.25, -0.2) is 4.52 Å². The van der Waals surface area contributed by atoms with Crippen molar-refractivity contribution in [3.05, 3.63) is 23.9 Å². The molecule has 1 N–H and O–H groups in total. The van der Waals surface area contributed by atoms with E-state index in [1.54, 1.807) is 0 Å². The van der Waals surface area contributed by atoms with E-state index in [0.717, 1.165) is 17.5 Å². The second-order valence-electron chi connectivity index (χ2n) is 7.93. The van der Waals surface area contributed by atoms with Gasteiger partial charge < -0.3 is 5.32 Å². The van der Waals surface area contributed by atoms with E-state index < -0.39 is 0 Å². The molecule has 2 aromatic heterocycles. The van der Waals surface area contributed by atoms with E-state index in [0.29, 0.717) is 16.9 Å². The van der Waals surface area contributed by atoms with E-state index in [4.69, 9.17) is 0 Å². The summed E-state index contributed by atoms with van der Waals surface area (Å²) in [5.41, 5.74) is 2.85. The third-order valence-electron chi connectivity index (χ3n) is 6.04. The molecule has 0 saturated heterocycles. The first kappa shape index (κ1) is 13.1. The van der Waals surface area contributed by atoms with Crippen LogP contribution in [-0.4, -0.2) is 20.6 Å². The lowest BCUT2D eigenvalue weighted by Gasteiger charge is -2.42. The maximum atomic E-state index is 4.66. The lowest BCUT2D eigenvalue weighted by atomic mass is 9.68. The Labute approximate surface area is 126 Å². The van der Waals surface area contributed by atoms with Gasteiger partial charge in [-0.1, -0.05) is 20.8 Å². The van der Waals surface area contributed by atoms with Gasteiger partial charge in [-0.2, -0.15) is 4.98 Å². The predicted octanol–water partition coefficient (Wildman–Crippen LogP) is 3.66. The molecule has 3 unspecified atom stereocenters. The Bertz CT molecular complexity index is 697. The molecule has 0 aliphatic heterocycles. The average Bonchev–Trinajstić information content (AvgIpc) is 3.03. The van der Waals surface area contributed by atoms with Gasteiger partial charge in [0, 0.05) is 12.2 Å². The number of hydrogen-bond donors (Lipinski definition) is 1. The smallest absolute Gasteiger partial charge is 0.243 e. The molecule has 2 heterocycles. The van der Waals surface area contributed by atoms with Crippen LogP contribution in [0.15, 0.2) is 18.3 Å². The van der Waals surface area contributed by atoms with E-state index in [1.807, 2.05) is 10.7 Å². The van der Waals surface area contributed by atoms with Crippen LogP contribution in [0.1, 0.15) is 45.6 Å². The van der Waals surface area contributed by atoms with Crippen molar-refractivity contribution in [1.29, 1.82) is 0 Å². The first-order valence-electron chi connectivity index (χ1n) is 7.98. The zero-order valence-corrected chi connectivity index (χ0v) is 13.3. The van der Waals surface area contributed by atoms with Crippen LogP contribution >= 0.6 is 0 Å². The third kappa shape index (κ3) is 1.81. The highest BCUT2D eigenvalue weighted by atomic mass is 15.4. The van der Waals surface area contributed by atoms with Gasteiger partial charge in [0.25, 0.3) is 0 Å². The van der Waals surface area contributed by atoms with Crippen molar-refractivity contribution >= 4 is 11.6 Å². The first-order chi connectivity index (χ1) is 9.88. The van der Waals surface area contributed by atoms with Crippen molar-refractivity contribution in [3.63, 3.8) is 0 Å². The molecule has 4 nitrogen and oxygen atoms in total. The molecule has 2 aliphatic rings. The fraction of sp³-hybridized carbons (Fsp3) is 0.647. The van der Waals surface area contributed by atoms with E-state index in [2.05, 4.69) is 55.2 Å². The molecule has 0 radical (unpaired) electrons. The number of aromatic nitrogens is 3. The molecule has 2 saturated carbocycles. The molecule has 2 bridgehead atoms. The molecule has 2 aliphatic carbocycles. The van der Waals surface area contributed by atoms with Gasteiger partial charge in [0.1, 0.15) is 0 Å². The summed E-state index contributed by atoms with van der Waals surface area (Å²) in [6, 6.07) is 4.60. The maximum Gasteiger partial charge on any atom is 0.243 e. The minimum absolute atomic E-state index is 0.320. The van der Waals surface area contributed by atoms with Crippen LogP contribution < -0.4 is 5.32 Å². The van der Waals surface area contributed by atoms with Gasteiger partial charge in [-0.05, 0) is 60.6 Å². The SMILES string of the molecule is Cc1ccn2nc(NC3C4(C)CCC(C4)C3(C)C)nc2c1. The molecular formula is C17H24N4. The normalized spacial score (nSPS) is 33.7. The summed E-state index contributed by atoms with van der Waals surface area (Å²) in [6.07, 6.45) is 6.02. The molecule has 2 aromatic rings. The van der Waals surface area contributed by atoms with Crippen molar-refractivity contribution in [3.8, 4) is 0 Å². The summed E-state index contributed by atoms with van der Waals surface area (Å²) in [5.74, 6) is 1.60. The number of nitrogens with zero attached hydrogens (tertiary/aromatic N) is 3. The van der Waals surface area contributed by atoms with Crippen molar-refractivity contribution in [2.45, 2.75) is 53.0 Å². The fourth-order valence-electron chi connectivity index (χ4n) is 4.84. The topological polar surface area (TPSA) is 42.2 Å². The number of anilines is 1. The minimum atomic E-state index is 0.320. The number of aryl methyl sites for hydroxylation is 1. The van der Waals surface area contributed by atoms with E-state index in [1.165, 1.54) is 24.8 Å². The van der Waals surface area contributed by atoms with Crippen LogP contribution in [0, 0.1) is 23.7 Å². The summed E-state index contributed by atoms with van der Waals surface area (Å²) < 4.78 is 1.86.